The molecule has 0 aliphatic carbocycles. The Morgan fingerprint density at radius 3 is 2.32 bits per heavy atom. The van der Waals surface area contributed by atoms with Crippen LogP contribution in [0.15, 0.2) is 70.5 Å². The zero-order chi connectivity index (χ0) is 26.7. The highest BCUT2D eigenvalue weighted by Crippen LogP contribution is 2.27. The number of amides is 1. The largest absolute Gasteiger partial charge is 0.505 e. The Morgan fingerprint density at radius 2 is 1.70 bits per heavy atom. The summed E-state index contributed by atoms with van der Waals surface area (Å²) in [5.74, 6) is -1.82. The van der Waals surface area contributed by atoms with Crippen LogP contribution < -0.4 is 10.9 Å². The van der Waals surface area contributed by atoms with Gasteiger partial charge in [0.05, 0.1) is 23.6 Å². The molecule has 1 amide bonds. The van der Waals surface area contributed by atoms with Gasteiger partial charge in [-0.3, -0.25) is 14.6 Å². The molecule has 0 aliphatic rings. The fourth-order valence-electron chi connectivity index (χ4n) is 3.93. The molecule has 37 heavy (non-hydrogen) atoms. The third-order valence-corrected chi connectivity index (χ3v) is 6.90. The average Bonchev–Trinajstić information content (AvgIpc) is 2.86. The zero-order valence-corrected chi connectivity index (χ0v) is 20.6. The third kappa shape index (κ3) is 5.68. The molecule has 2 heterocycles. The van der Waals surface area contributed by atoms with Crippen LogP contribution in [0.25, 0.3) is 11.0 Å². The van der Waals surface area contributed by atoms with Gasteiger partial charge in [0, 0.05) is 19.0 Å². The molecule has 0 atom stereocenters. The smallest absolute Gasteiger partial charge is 0.268 e. The molecule has 0 bridgehead atoms. The molecule has 0 fully saturated rings. The highest BCUT2D eigenvalue weighted by molar-refractivity contribution is 7.90. The number of benzene rings is 2. The number of nitrogens with zero attached hydrogens (tertiary/aromatic N) is 2. The number of aliphatic hydroxyl groups is 1. The minimum atomic E-state index is -3.41. The SMILES string of the molecule is CS(=O)(=O)c1ccc(Cn2c(=O)c(C(=O)NCCO)c(O)c3ncc(Cc4ccc(F)cc4)cc32)cc1. The van der Waals surface area contributed by atoms with E-state index in [4.69, 9.17) is 5.11 Å². The molecular formula is C26H24FN3O6S. The first-order valence-electron chi connectivity index (χ1n) is 11.3. The number of hydrogen-bond donors (Lipinski definition) is 3. The number of carbonyl (C=O) groups is 1. The van der Waals surface area contributed by atoms with E-state index in [-0.39, 0.29) is 41.4 Å². The fraction of sp³-hybridized carbons (Fsp3) is 0.192. The first-order valence-corrected chi connectivity index (χ1v) is 13.1. The Balaban J connectivity index is 1.85. The van der Waals surface area contributed by atoms with Gasteiger partial charge in [0.2, 0.25) is 0 Å². The van der Waals surface area contributed by atoms with Crippen molar-refractivity contribution in [1.82, 2.24) is 14.9 Å². The molecule has 0 saturated carbocycles. The number of sulfone groups is 1. The lowest BCUT2D eigenvalue weighted by atomic mass is 10.0. The predicted molar refractivity (Wildman–Crippen MR) is 135 cm³/mol. The number of hydrogen-bond acceptors (Lipinski definition) is 7. The average molecular weight is 526 g/mol. The van der Waals surface area contributed by atoms with E-state index in [1.54, 1.807) is 30.3 Å². The van der Waals surface area contributed by atoms with E-state index >= 15 is 0 Å². The second-order valence-corrected chi connectivity index (χ2v) is 10.5. The van der Waals surface area contributed by atoms with Crippen molar-refractivity contribution in [3.8, 4) is 5.75 Å². The van der Waals surface area contributed by atoms with Crippen LogP contribution >= 0.6 is 0 Å². The normalized spacial score (nSPS) is 11.5. The van der Waals surface area contributed by atoms with Crippen LogP contribution in [0, 0.1) is 5.82 Å². The van der Waals surface area contributed by atoms with Crippen LogP contribution in [0.2, 0.25) is 0 Å². The van der Waals surface area contributed by atoms with Crippen LogP contribution in [-0.4, -0.2) is 53.5 Å². The quantitative estimate of drug-likeness (QED) is 0.320. The number of halogens is 1. The lowest BCUT2D eigenvalue weighted by Crippen LogP contribution is -2.35. The molecule has 9 nitrogen and oxygen atoms in total. The number of aliphatic hydroxyl groups excluding tert-OH is 1. The predicted octanol–water partition coefficient (Wildman–Crippen LogP) is 2.01. The van der Waals surface area contributed by atoms with Crippen molar-refractivity contribution in [3.63, 3.8) is 0 Å². The minimum Gasteiger partial charge on any atom is -0.505 e. The molecule has 3 N–H and O–H groups in total. The maximum absolute atomic E-state index is 13.5. The number of rotatable bonds is 8. The molecule has 192 valence electrons. The number of carbonyl (C=O) groups excluding carboxylic acids is 1. The van der Waals surface area contributed by atoms with Crippen molar-refractivity contribution in [2.24, 2.45) is 0 Å². The lowest BCUT2D eigenvalue weighted by molar-refractivity contribution is 0.0940. The van der Waals surface area contributed by atoms with Gasteiger partial charge in [0.25, 0.3) is 11.5 Å². The summed E-state index contributed by atoms with van der Waals surface area (Å²) >= 11 is 0. The second-order valence-electron chi connectivity index (χ2n) is 8.53. The van der Waals surface area contributed by atoms with Crippen molar-refractivity contribution < 1.29 is 27.8 Å². The molecule has 0 radical (unpaired) electrons. The molecule has 2 aromatic carbocycles. The Hall–Kier alpha value is -4.09. The van der Waals surface area contributed by atoms with Gasteiger partial charge in [-0.05, 0) is 53.4 Å². The van der Waals surface area contributed by atoms with E-state index in [9.17, 15) is 27.5 Å². The molecule has 0 spiro atoms. The van der Waals surface area contributed by atoms with E-state index in [1.807, 2.05) is 0 Å². The highest BCUT2D eigenvalue weighted by atomic mass is 32.2. The van der Waals surface area contributed by atoms with Gasteiger partial charge in [-0.1, -0.05) is 24.3 Å². The standard InChI is InChI=1S/C26H24FN3O6S/c1-37(35,36)20-8-4-17(5-9-20)15-30-21-13-18(12-16-2-6-19(27)7-3-16)14-29-23(21)24(32)22(26(30)34)25(33)28-10-11-31/h2-9,13-14,31-32H,10-12,15H2,1H3,(H,28,33). The van der Waals surface area contributed by atoms with Crippen molar-refractivity contribution in [2.45, 2.75) is 17.9 Å². The van der Waals surface area contributed by atoms with Crippen LogP contribution in [0.3, 0.4) is 0 Å². The van der Waals surface area contributed by atoms with Crippen molar-refractivity contribution in [1.29, 1.82) is 0 Å². The Labute approximate surface area is 211 Å². The fourth-order valence-corrected chi connectivity index (χ4v) is 4.56. The van der Waals surface area contributed by atoms with Crippen molar-refractivity contribution >= 4 is 26.8 Å². The van der Waals surface area contributed by atoms with E-state index in [2.05, 4.69) is 10.3 Å². The number of nitrogens with one attached hydrogen (secondary N) is 1. The third-order valence-electron chi connectivity index (χ3n) is 5.77. The number of aromatic hydroxyl groups is 1. The second kappa shape index (κ2) is 10.5. The summed E-state index contributed by atoms with van der Waals surface area (Å²) in [6.07, 6.45) is 2.96. The van der Waals surface area contributed by atoms with Crippen molar-refractivity contribution in [2.75, 3.05) is 19.4 Å². The number of aromatic nitrogens is 2. The maximum atomic E-state index is 13.5. The molecule has 4 aromatic rings. The lowest BCUT2D eigenvalue weighted by Gasteiger charge is -2.16. The van der Waals surface area contributed by atoms with E-state index in [0.29, 0.717) is 17.5 Å². The summed E-state index contributed by atoms with van der Waals surface area (Å²) in [6.45, 7) is -0.514. The van der Waals surface area contributed by atoms with E-state index in [0.717, 1.165) is 11.8 Å². The Kier molecular flexibility index (Phi) is 7.37. The molecule has 0 saturated heterocycles. The molecular weight excluding hydrogens is 501 g/mol. The van der Waals surface area contributed by atoms with Crippen LogP contribution in [0.1, 0.15) is 27.0 Å². The summed E-state index contributed by atoms with van der Waals surface area (Å²) in [6, 6.07) is 13.5. The van der Waals surface area contributed by atoms with Crippen LogP contribution in [-0.2, 0) is 22.8 Å². The van der Waals surface area contributed by atoms with Crippen LogP contribution in [0.4, 0.5) is 4.39 Å². The number of pyridine rings is 2. The first-order chi connectivity index (χ1) is 17.6. The molecule has 2 aromatic heterocycles. The monoisotopic (exact) mass is 525 g/mol. The number of fused-ring (bicyclic) bond motifs is 1. The molecule has 0 unspecified atom stereocenters. The zero-order valence-electron chi connectivity index (χ0n) is 19.8. The molecule has 4 rings (SSSR count). The Bertz CT molecular complexity index is 1630. The van der Waals surface area contributed by atoms with Crippen LogP contribution in [0.5, 0.6) is 5.75 Å². The summed E-state index contributed by atoms with van der Waals surface area (Å²) < 4.78 is 38.2. The summed E-state index contributed by atoms with van der Waals surface area (Å²) in [7, 11) is -3.41. The summed E-state index contributed by atoms with van der Waals surface area (Å²) in [4.78, 5) is 30.6. The van der Waals surface area contributed by atoms with Gasteiger partial charge in [0.15, 0.2) is 15.6 Å². The van der Waals surface area contributed by atoms with Gasteiger partial charge in [-0.15, -0.1) is 0 Å². The molecule has 0 aliphatic heterocycles. The van der Waals surface area contributed by atoms with Gasteiger partial charge in [-0.25, -0.2) is 12.8 Å². The first kappa shape index (κ1) is 26.0. The van der Waals surface area contributed by atoms with Gasteiger partial charge in [-0.2, -0.15) is 0 Å². The van der Waals surface area contributed by atoms with E-state index < -0.39 is 32.6 Å². The van der Waals surface area contributed by atoms with E-state index in [1.165, 1.54) is 35.0 Å². The highest BCUT2D eigenvalue weighted by Gasteiger charge is 2.23. The molecule has 11 heteroatoms. The maximum Gasteiger partial charge on any atom is 0.268 e. The van der Waals surface area contributed by atoms with Gasteiger partial charge in [0.1, 0.15) is 16.9 Å². The van der Waals surface area contributed by atoms with Gasteiger partial charge >= 0.3 is 0 Å². The Morgan fingerprint density at radius 1 is 1.05 bits per heavy atom. The van der Waals surface area contributed by atoms with Crippen molar-refractivity contribution in [3.05, 3.63) is 99.2 Å². The summed E-state index contributed by atoms with van der Waals surface area (Å²) in [5, 5.41) is 22.2. The summed E-state index contributed by atoms with van der Waals surface area (Å²) in [5.41, 5.74) is 1.03. The van der Waals surface area contributed by atoms with Gasteiger partial charge < -0.3 is 20.1 Å². The topological polar surface area (TPSA) is 139 Å². The minimum absolute atomic E-state index is 0.0179.